The first kappa shape index (κ1) is 27.3. The maximum Gasteiger partial charge on any atom is 0.334 e. The van der Waals surface area contributed by atoms with Gasteiger partial charge in [0, 0.05) is 19.5 Å². The molecule has 3 atom stereocenters. The summed E-state index contributed by atoms with van der Waals surface area (Å²) in [5.41, 5.74) is 1.91. The maximum absolute atomic E-state index is 13.4. The van der Waals surface area contributed by atoms with Crippen molar-refractivity contribution < 1.29 is 28.7 Å². The van der Waals surface area contributed by atoms with Gasteiger partial charge in [-0.2, -0.15) is 0 Å². The van der Waals surface area contributed by atoms with E-state index in [1.54, 1.807) is 19.2 Å². The van der Waals surface area contributed by atoms with Crippen LogP contribution in [0.2, 0.25) is 0 Å². The number of piperidine rings is 1. The van der Waals surface area contributed by atoms with E-state index in [2.05, 4.69) is 17.4 Å². The average molecular weight is 525 g/mol. The topological polar surface area (TPSA) is 110 Å². The lowest BCUT2D eigenvalue weighted by Gasteiger charge is -2.53. The van der Waals surface area contributed by atoms with Crippen molar-refractivity contribution in [3.8, 4) is 0 Å². The zero-order valence-corrected chi connectivity index (χ0v) is 21.4. The third-order valence-corrected chi connectivity index (χ3v) is 7.23. The molecule has 0 bridgehead atoms. The Balaban J connectivity index is 1.49. The van der Waals surface area contributed by atoms with E-state index in [0.717, 1.165) is 19.3 Å². The molecule has 0 spiro atoms. The number of nitrogens with zero attached hydrogens (tertiary/aromatic N) is 3. The Hall–Kier alpha value is -3.79. The summed E-state index contributed by atoms with van der Waals surface area (Å²) in [6.07, 6.45) is 2.00. The van der Waals surface area contributed by atoms with Crippen LogP contribution in [-0.4, -0.2) is 69.5 Å². The summed E-state index contributed by atoms with van der Waals surface area (Å²) < 4.78 is 13.2. The number of unbranched alkanes of at least 4 members (excludes halogenated alkanes) is 1. The van der Waals surface area contributed by atoms with Gasteiger partial charge in [-0.3, -0.25) is 14.4 Å². The van der Waals surface area contributed by atoms with Crippen LogP contribution in [0.25, 0.3) is 0 Å². The number of fused-ring (bicyclic) bond motifs is 1. The standard InChI is InChI=1S/C28H33FN4O5/c1-31-18-25(34)32-23(16-26(35)36)27(37)21(10-6-5-9-19-7-3-2-4-8-19)15-24(32)33(31)28(38)30-17-20-11-13-22(29)14-12-20/h2-4,7-8,11-14,21,23-24H,5-6,9-10,15-18H2,1H3,(H,30,38)(H,35,36)/t21?,23-,24-/m0/s1. The first-order chi connectivity index (χ1) is 18.2. The minimum atomic E-state index is -1.18. The zero-order valence-electron chi connectivity index (χ0n) is 21.4. The van der Waals surface area contributed by atoms with Crippen molar-refractivity contribution in [3.63, 3.8) is 0 Å². The van der Waals surface area contributed by atoms with Gasteiger partial charge in [0.15, 0.2) is 5.78 Å². The summed E-state index contributed by atoms with van der Waals surface area (Å²) in [5, 5.41) is 15.2. The highest BCUT2D eigenvalue weighted by molar-refractivity contribution is 5.95. The van der Waals surface area contributed by atoms with E-state index >= 15 is 0 Å². The first-order valence-electron chi connectivity index (χ1n) is 12.9. The minimum absolute atomic E-state index is 0.143. The lowest BCUT2D eigenvalue weighted by molar-refractivity contribution is -0.183. The van der Waals surface area contributed by atoms with Crippen LogP contribution >= 0.6 is 0 Å². The number of Topliss-reactive ketones (excluding diaryl/α,β-unsaturated/α-hetero) is 1. The number of carbonyl (C=O) groups is 4. The van der Waals surface area contributed by atoms with E-state index in [1.165, 1.54) is 32.6 Å². The largest absolute Gasteiger partial charge is 0.481 e. The Kier molecular flexibility index (Phi) is 8.73. The van der Waals surface area contributed by atoms with E-state index in [4.69, 9.17) is 0 Å². The summed E-state index contributed by atoms with van der Waals surface area (Å²) in [4.78, 5) is 52.7. The number of halogens is 1. The monoisotopic (exact) mass is 524 g/mol. The van der Waals surface area contributed by atoms with Crippen LogP contribution in [0, 0.1) is 11.7 Å². The molecule has 2 fully saturated rings. The highest BCUT2D eigenvalue weighted by Crippen LogP contribution is 2.35. The molecule has 1 unspecified atom stereocenters. The fourth-order valence-corrected chi connectivity index (χ4v) is 5.38. The molecule has 38 heavy (non-hydrogen) atoms. The summed E-state index contributed by atoms with van der Waals surface area (Å²) in [6, 6.07) is 14.2. The molecule has 202 valence electrons. The second-order valence-corrected chi connectivity index (χ2v) is 9.91. The molecular weight excluding hydrogens is 491 g/mol. The van der Waals surface area contributed by atoms with Gasteiger partial charge in [0.1, 0.15) is 18.0 Å². The molecule has 0 saturated carbocycles. The van der Waals surface area contributed by atoms with Crippen LogP contribution in [0.1, 0.15) is 43.2 Å². The predicted octanol–water partition coefficient (Wildman–Crippen LogP) is 3.20. The first-order valence-corrected chi connectivity index (χ1v) is 12.9. The molecule has 0 aromatic heterocycles. The molecule has 2 aromatic carbocycles. The molecule has 10 heteroatoms. The second kappa shape index (κ2) is 12.2. The van der Waals surface area contributed by atoms with Gasteiger partial charge in [-0.05, 0) is 48.9 Å². The Labute approximate surface area is 221 Å². The van der Waals surface area contributed by atoms with Crippen LogP contribution in [0.3, 0.4) is 0 Å². The van der Waals surface area contributed by atoms with Crippen molar-refractivity contribution in [2.45, 2.75) is 57.3 Å². The quantitative estimate of drug-likeness (QED) is 0.488. The van der Waals surface area contributed by atoms with Gasteiger partial charge in [0.05, 0.1) is 13.0 Å². The summed E-state index contributed by atoms with van der Waals surface area (Å²) in [7, 11) is 1.62. The van der Waals surface area contributed by atoms with Crippen molar-refractivity contribution >= 4 is 23.7 Å². The summed E-state index contributed by atoms with van der Waals surface area (Å²) in [5.74, 6) is -2.67. The molecule has 2 aliphatic heterocycles. The number of benzene rings is 2. The van der Waals surface area contributed by atoms with Crippen LogP contribution in [0.15, 0.2) is 54.6 Å². The van der Waals surface area contributed by atoms with E-state index in [0.29, 0.717) is 12.0 Å². The number of aryl methyl sites for hydroxylation is 1. The van der Waals surface area contributed by atoms with Crippen LogP contribution in [0.5, 0.6) is 0 Å². The highest BCUT2D eigenvalue weighted by Gasteiger charge is 2.51. The summed E-state index contributed by atoms with van der Waals surface area (Å²) in [6.45, 7) is -0.0177. The lowest BCUT2D eigenvalue weighted by Crippen LogP contribution is -2.72. The predicted molar refractivity (Wildman–Crippen MR) is 137 cm³/mol. The van der Waals surface area contributed by atoms with Crippen LogP contribution in [0.4, 0.5) is 9.18 Å². The molecule has 0 radical (unpaired) electrons. The number of carboxylic acids is 1. The van der Waals surface area contributed by atoms with Crippen molar-refractivity contribution in [2.75, 3.05) is 13.6 Å². The lowest BCUT2D eigenvalue weighted by atomic mass is 9.82. The van der Waals surface area contributed by atoms with E-state index in [9.17, 15) is 28.7 Å². The molecule has 3 amide bonds. The third kappa shape index (κ3) is 6.36. The number of carbonyl (C=O) groups excluding carboxylic acids is 3. The van der Waals surface area contributed by atoms with Crippen molar-refractivity contribution in [2.24, 2.45) is 5.92 Å². The number of rotatable bonds is 9. The molecule has 2 saturated heterocycles. The SMILES string of the molecule is CN1CC(=O)N2[C@@H](CC(=O)O)C(=O)C(CCCCc3ccccc3)C[C@@H]2N1C(=O)NCc1ccc(F)cc1. The fraction of sp³-hybridized carbons (Fsp3) is 0.429. The van der Waals surface area contributed by atoms with Crippen molar-refractivity contribution in [1.82, 2.24) is 20.2 Å². The zero-order chi connectivity index (χ0) is 27.2. The number of hydrogen-bond donors (Lipinski definition) is 2. The molecule has 2 aliphatic rings. The van der Waals surface area contributed by atoms with Gasteiger partial charge in [-0.25, -0.2) is 19.2 Å². The number of amides is 3. The van der Waals surface area contributed by atoms with E-state index in [1.807, 2.05) is 18.2 Å². The van der Waals surface area contributed by atoms with E-state index < -0.39 is 36.5 Å². The Morgan fingerprint density at radius 1 is 1.03 bits per heavy atom. The number of aliphatic carboxylic acids is 1. The highest BCUT2D eigenvalue weighted by atomic mass is 19.1. The van der Waals surface area contributed by atoms with Crippen molar-refractivity contribution in [1.29, 1.82) is 0 Å². The molecule has 2 N–H and O–H groups in total. The number of hydrazine groups is 1. The average Bonchev–Trinajstić information content (AvgIpc) is 2.88. The number of urea groups is 1. The normalized spacial score (nSPS) is 21.8. The molecule has 0 aliphatic carbocycles. The second-order valence-electron chi connectivity index (χ2n) is 9.91. The number of ketones is 1. The van der Waals surface area contributed by atoms with Crippen LogP contribution < -0.4 is 5.32 Å². The third-order valence-electron chi connectivity index (χ3n) is 7.23. The minimum Gasteiger partial charge on any atom is -0.481 e. The van der Waals surface area contributed by atoms with E-state index in [-0.39, 0.29) is 37.0 Å². The van der Waals surface area contributed by atoms with Gasteiger partial charge in [0.25, 0.3) is 0 Å². The fourth-order valence-electron chi connectivity index (χ4n) is 5.38. The Morgan fingerprint density at radius 3 is 2.42 bits per heavy atom. The van der Waals surface area contributed by atoms with Gasteiger partial charge in [-0.15, -0.1) is 0 Å². The molecule has 4 rings (SSSR count). The van der Waals surface area contributed by atoms with Crippen molar-refractivity contribution in [3.05, 3.63) is 71.5 Å². The maximum atomic E-state index is 13.4. The Morgan fingerprint density at radius 2 is 1.74 bits per heavy atom. The van der Waals surface area contributed by atoms with Gasteiger partial charge in [-0.1, -0.05) is 48.9 Å². The van der Waals surface area contributed by atoms with Gasteiger partial charge < -0.3 is 15.3 Å². The number of likely N-dealkylation sites (N-methyl/N-ethyl adjacent to an activating group) is 1. The van der Waals surface area contributed by atoms with Crippen LogP contribution in [-0.2, 0) is 27.3 Å². The number of carboxylic acid groups (broad SMARTS) is 1. The number of nitrogens with one attached hydrogen (secondary N) is 1. The molecular formula is C28H33FN4O5. The molecule has 2 aromatic rings. The molecule has 9 nitrogen and oxygen atoms in total. The summed E-state index contributed by atoms with van der Waals surface area (Å²) >= 11 is 0. The van der Waals surface area contributed by atoms with Gasteiger partial charge in [0.2, 0.25) is 5.91 Å². The molecule has 2 heterocycles. The van der Waals surface area contributed by atoms with Gasteiger partial charge >= 0.3 is 12.0 Å². The Bertz CT molecular complexity index is 1160. The number of hydrogen-bond acceptors (Lipinski definition) is 5. The smallest absolute Gasteiger partial charge is 0.334 e.